The summed E-state index contributed by atoms with van der Waals surface area (Å²) in [4.78, 5) is 31.1. The Kier molecular flexibility index (Phi) is 6.39. The molecular weight excluding hydrogens is 494 g/mol. The highest BCUT2D eigenvalue weighted by molar-refractivity contribution is 6.08. The standard InChI is InChI=1S/C31H23N3O5/c32-15-20-12-21(17-33-16-20)19-39-29-14-23(4-5-24(29)18-35)31(36)34-9-8-26-25(2-1-3-27(26)34)22-6-7-28-30(13-22)38-11-10-37-28/h1-7,12-14,16-18H,8-11,19H2. The summed E-state index contributed by atoms with van der Waals surface area (Å²) in [5.74, 6) is 1.58. The molecule has 0 atom stereocenters. The van der Waals surface area contributed by atoms with Gasteiger partial charge in [0.05, 0.1) is 11.1 Å². The van der Waals surface area contributed by atoms with Crippen molar-refractivity contribution in [2.45, 2.75) is 13.0 Å². The molecule has 3 aromatic carbocycles. The van der Waals surface area contributed by atoms with Gasteiger partial charge in [-0.2, -0.15) is 5.26 Å². The number of anilines is 1. The van der Waals surface area contributed by atoms with Crippen molar-refractivity contribution in [3.05, 3.63) is 101 Å². The number of aldehydes is 1. The summed E-state index contributed by atoms with van der Waals surface area (Å²) >= 11 is 0. The van der Waals surface area contributed by atoms with Gasteiger partial charge in [-0.15, -0.1) is 0 Å². The minimum Gasteiger partial charge on any atom is -0.488 e. The van der Waals surface area contributed by atoms with Crippen LogP contribution in [-0.4, -0.2) is 36.9 Å². The molecule has 0 saturated carbocycles. The van der Waals surface area contributed by atoms with Crippen LogP contribution in [0, 0.1) is 11.3 Å². The topological polar surface area (TPSA) is 102 Å². The van der Waals surface area contributed by atoms with Crippen molar-refractivity contribution < 1.29 is 23.8 Å². The fourth-order valence-corrected chi connectivity index (χ4v) is 4.96. The average Bonchev–Trinajstić information content (AvgIpc) is 3.44. The summed E-state index contributed by atoms with van der Waals surface area (Å²) in [6.45, 7) is 1.69. The molecule has 0 bridgehead atoms. The van der Waals surface area contributed by atoms with Crippen LogP contribution in [0.4, 0.5) is 5.69 Å². The van der Waals surface area contributed by atoms with Gasteiger partial charge in [0.15, 0.2) is 17.8 Å². The fraction of sp³-hybridized carbons (Fsp3) is 0.161. The maximum atomic E-state index is 13.7. The van der Waals surface area contributed by atoms with Crippen molar-refractivity contribution in [2.75, 3.05) is 24.7 Å². The largest absolute Gasteiger partial charge is 0.488 e. The van der Waals surface area contributed by atoms with E-state index in [9.17, 15) is 9.59 Å². The second-order valence-corrected chi connectivity index (χ2v) is 9.22. The van der Waals surface area contributed by atoms with Crippen LogP contribution in [0.1, 0.15) is 37.4 Å². The predicted octanol–water partition coefficient (Wildman–Crippen LogP) is 4.99. The molecule has 0 fully saturated rings. The molecule has 8 nitrogen and oxygen atoms in total. The summed E-state index contributed by atoms with van der Waals surface area (Å²) in [6, 6.07) is 20.4. The summed E-state index contributed by atoms with van der Waals surface area (Å²) in [6.07, 6.45) is 4.46. The molecule has 39 heavy (non-hydrogen) atoms. The molecule has 0 aliphatic carbocycles. The van der Waals surface area contributed by atoms with E-state index in [1.165, 1.54) is 6.20 Å². The van der Waals surface area contributed by atoms with E-state index in [1.54, 1.807) is 35.4 Å². The van der Waals surface area contributed by atoms with Crippen molar-refractivity contribution in [1.29, 1.82) is 5.26 Å². The normalized spacial score (nSPS) is 13.4. The molecule has 3 heterocycles. The number of hydrogen-bond acceptors (Lipinski definition) is 7. The van der Waals surface area contributed by atoms with Crippen LogP contribution in [0.5, 0.6) is 17.2 Å². The Morgan fingerprint density at radius 1 is 1.05 bits per heavy atom. The molecule has 1 amide bonds. The van der Waals surface area contributed by atoms with Crippen LogP contribution in [-0.2, 0) is 13.0 Å². The molecule has 4 aromatic rings. The van der Waals surface area contributed by atoms with Crippen LogP contribution in [0.2, 0.25) is 0 Å². The van der Waals surface area contributed by atoms with E-state index in [1.807, 2.05) is 36.4 Å². The minimum atomic E-state index is -0.177. The predicted molar refractivity (Wildman–Crippen MR) is 143 cm³/mol. The highest BCUT2D eigenvalue weighted by Gasteiger charge is 2.28. The molecular formula is C31H23N3O5. The highest BCUT2D eigenvalue weighted by atomic mass is 16.6. The zero-order chi connectivity index (χ0) is 26.8. The lowest BCUT2D eigenvalue weighted by molar-refractivity contribution is 0.0987. The monoisotopic (exact) mass is 517 g/mol. The third kappa shape index (κ3) is 4.66. The third-order valence-electron chi connectivity index (χ3n) is 6.83. The van der Waals surface area contributed by atoms with Gasteiger partial charge in [-0.25, -0.2) is 0 Å². The van der Waals surface area contributed by atoms with Gasteiger partial charge in [-0.05, 0) is 65.6 Å². The molecule has 0 radical (unpaired) electrons. The number of ether oxygens (including phenoxy) is 3. The number of nitriles is 1. The van der Waals surface area contributed by atoms with Crippen molar-refractivity contribution >= 4 is 17.9 Å². The van der Waals surface area contributed by atoms with Crippen molar-refractivity contribution in [3.63, 3.8) is 0 Å². The van der Waals surface area contributed by atoms with Crippen LogP contribution < -0.4 is 19.1 Å². The van der Waals surface area contributed by atoms with Gasteiger partial charge in [0.2, 0.25) is 0 Å². The van der Waals surface area contributed by atoms with E-state index in [0.717, 1.165) is 33.9 Å². The minimum absolute atomic E-state index is 0.104. The van der Waals surface area contributed by atoms with Gasteiger partial charge in [0, 0.05) is 35.8 Å². The lowest BCUT2D eigenvalue weighted by atomic mass is 9.97. The maximum Gasteiger partial charge on any atom is 0.258 e. The quantitative estimate of drug-likeness (QED) is 0.332. The first-order chi connectivity index (χ1) is 19.1. The number of nitrogens with zero attached hydrogens (tertiary/aromatic N) is 3. The van der Waals surface area contributed by atoms with Crippen LogP contribution in [0.15, 0.2) is 73.1 Å². The maximum absolute atomic E-state index is 13.7. The van der Waals surface area contributed by atoms with Crippen molar-refractivity contribution in [1.82, 2.24) is 4.98 Å². The Labute approximate surface area is 225 Å². The second-order valence-electron chi connectivity index (χ2n) is 9.22. The lowest BCUT2D eigenvalue weighted by Crippen LogP contribution is -2.28. The molecule has 2 aliphatic rings. The third-order valence-corrected chi connectivity index (χ3v) is 6.83. The number of carbonyl (C=O) groups is 2. The number of aromatic nitrogens is 1. The number of hydrogen-bond donors (Lipinski definition) is 0. The Balaban J connectivity index is 1.26. The molecule has 0 unspecified atom stereocenters. The first-order valence-electron chi connectivity index (χ1n) is 12.5. The van der Waals surface area contributed by atoms with E-state index in [-0.39, 0.29) is 12.5 Å². The first-order valence-corrected chi connectivity index (χ1v) is 12.5. The summed E-state index contributed by atoms with van der Waals surface area (Å²) in [7, 11) is 0. The number of benzene rings is 3. The zero-order valence-corrected chi connectivity index (χ0v) is 20.9. The molecule has 192 valence electrons. The number of carbonyl (C=O) groups excluding carboxylic acids is 2. The van der Waals surface area contributed by atoms with Gasteiger partial charge in [-0.3, -0.25) is 14.6 Å². The molecule has 0 N–H and O–H groups in total. The van der Waals surface area contributed by atoms with E-state index < -0.39 is 0 Å². The number of fused-ring (bicyclic) bond motifs is 2. The molecule has 1 aromatic heterocycles. The first kappa shape index (κ1) is 24.2. The van der Waals surface area contributed by atoms with E-state index >= 15 is 0 Å². The second kappa shape index (κ2) is 10.3. The lowest BCUT2D eigenvalue weighted by Gasteiger charge is -2.20. The highest BCUT2D eigenvalue weighted by Crippen LogP contribution is 2.40. The Morgan fingerprint density at radius 2 is 1.92 bits per heavy atom. The van der Waals surface area contributed by atoms with Gasteiger partial charge in [-0.1, -0.05) is 18.2 Å². The zero-order valence-electron chi connectivity index (χ0n) is 20.9. The summed E-state index contributed by atoms with van der Waals surface area (Å²) < 4.78 is 17.3. The van der Waals surface area contributed by atoms with Gasteiger partial charge < -0.3 is 19.1 Å². The van der Waals surface area contributed by atoms with E-state index in [0.29, 0.717) is 60.5 Å². The Morgan fingerprint density at radius 3 is 2.77 bits per heavy atom. The average molecular weight is 518 g/mol. The Hall–Kier alpha value is -5.16. The number of pyridine rings is 1. The molecule has 0 saturated heterocycles. The molecule has 2 aliphatic heterocycles. The van der Waals surface area contributed by atoms with Crippen molar-refractivity contribution in [3.8, 4) is 34.4 Å². The molecule has 0 spiro atoms. The van der Waals surface area contributed by atoms with Gasteiger partial charge >= 0.3 is 0 Å². The fourth-order valence-electron chi connectivity index (χ4n) is 4.96. The van der Waals surface area contributed by atoms with E-state index in [4.69, 9.17) is 19.5 Å². The van der Waals surface area contributed by atoms with Crippen LogP contribution >= 0.6 is 0 Å². The van der Waals surface area contributed by atoms with Crippen LogP contribution in [0.3, 0.4) is 0 Å². The Bertz CT molecular complexity index is 1640. The number of amides is 1. The summed E-state index contributed by atoms with van der Waals surface area (Å²) in [5, 5.41) is 9.10. The van der Waals surface area contributed by atoms with Crippen LogP contribution in [0.25, 0.3) is 11.1 Å². The smallest absolute Gasteiger partial charge is 0.258 e. The summed E-state index contributed by atoms with van der Waals surface area (Å²) in [5.41, 5.74) is 5.85. The van der Waals surface area contributed by atoms with Crippen molar-refractivity contribution in [2.24, 2.45) is 0 Å². The van der Waals surface area contributed by atoms with Gasteiger partial charge in [0.1, 0.15) is 31.6 Å². The molecule has 6 rings (SSSR count). The SMILES string of the molecule is N#Cc1cncc(COc2cc(C(=O)N3CCc4c(-c5ccc6c(c5)OCCO6)cccc43)ccc2C=O)c1. The molecule has 8 heteroatoms. The van der Waals surface area contributed by atoms with Gasteiger partial charge in [0.25, 0.3) is 5.91 Å². The number of rotatable bonds is 6. The van der Waals surface area contributed by atoms with E-state index in [2.05, 4.69) is 11.1 Å².